The van der Waals surface area contributed by atoms with Gasteiger partial charge in [-0.15, -0.1) is 0 Å². The van der Waals surface area contributed by atoms with Crippen LogP contribution < -0.4 is 10.2 Å². The molecular formula is C26H33FN4O4. The Bertz CT molecular complexity index is 1120. The van der Waals surface area contributed by atoms with E-state index in [0.717, 1.165) is 38.5 Å². The third kappa shape index (κ3) is 4.94. The molecule has 35 heavy (non-hydrogen) atoms. The lowest BCUT2D eigenvalue weighted by Crippen LogP contribution is -2.65. The van der Waals surface area contributed by atoms with E-state index in [2.05, 4.69) is 10.4 Å². The molecule has 188 valence electrons. The van der Waals surface area contributed by atoms with E-state index in [1.54, 1.807) is 20.8 Å². The van der Waals surface area contributed by atoms with Crippen molar-refractivity contribution >= 4 is 23.5 Å². The number of anilines is 1. The van der Waals surface area contributed by atoms with Crippen LogP contribution in [0, 0.1) is 12.7 Å². The Morgan fingerprint density at radius 2 is 1.86 bits per heavy atom. The van der Waals surface area contributed by atoms with Crippen molar-refractivity contribution in [3.8, 4) is 0 Å². The van der Waals surface area contributed by atoms with Crippen LogP contribution in [0.4, 0.5) is 10.1 Å². The Hall–Kier alpha value is -3.23. The molecule has 2 aliphatic rings. The molecule has 0 unspecified atom stereocenters. The van der Waals surface area contributed by atoms with Gasteiger partial charge in [0.2, 0.25) is 5.91 Å². The number of benzene rings is 1. The molecule has 8 nitrogen and oxygen atoms in total. The zero-order valence-corrected chi connectivity index (χ0v) is 20.6. The minimum absolute atomic E-state index is 0.00987. The second-order valence-electron chi connectivity index (χ2n) is 9.65. The van der Waals surface area contributed by atoms with Gasteiger partial charge in [0.05, 0.1) is 13.2 Å². The van der Waals surface area contributed by atoms with Crippen molar-refractivity contribution in [3.05, 3.63) is 47.0 Å². The predicted octanol–water partition coefficient (Wildman–Crippen LogP) is 4.16. The highest BCUT2D eigenvalue weighted by molar-refractivity contribution is 6.12. The van der Waals surface area contributed by atoms with E-state index in [1.807, 2.05) is 0 Å². The molecule has 1 atom stereocenters. The van der Waals surface area contributed by atoms with E-state index in [9.17, 15) is 18.8 Å². The standard InChI is InChI=1S/C26H33FN4O4/c1-4-35-24(33)20-15-22-23(32)31(21-13-12-18(27)14-17(21)2)26(3,16-30(22)29-20)25(34)28-19-10-8-6-5-7-9-11-19/h12-15,19H,4-11,16H2,1-3H3,(H,28,34)/t26-/m1/s1. The molecule has 0 bridgehead atoms. The lowest BCUT2D eigenvalue weighted by molar-refractivity contribution is -0.127. The monoisotopic (exact) mass is 484 g/mol. The highest BCUT2D eigenvalue weighted by Gasteiger charge is 2.50. The number of hydrogen-bond donors (Lipinski definition) is 1. The quantitative estimate of drug-likeness (QED) is 0.644. The molecule has 0 spiro atoms. The van der Waals surface area contributed by atoms with Crippen LogP contribution in [0.25, 0.3) is 0 Å². The average molecular weight is 485 g/mol. The van der Waals surface area contributed by atoms with Crippen molar-refractivity contribution in [2.75, 3.05) is 11.5 Å². The summed E-state index contributed by atoms with van der Waals surface area (Å²) in [5.74, 6) is -1.83. The summed E-state index contributed by atoms with van der Waals surface area (Å²) in [6, 6.07) is 5.55. The zero-order valence-electron chi connectivity index (χ0n) is 20.6. The minimum atomic E-state index is -1.34. The van der Waals surface area contributed by atoms with Gasteiger partial charge in [-0.1, -0.05) is 32.1 Å². The highest BCUT2D eigenvalue weighted by Crippen LogP contribution is 2.35. The van der Waals surface area contributed by atoms with Crippen LogP contribution >= 0.6 is 0 Å². The van der Waals surface area contributed by atoms with Gasteiger partial charge in [-0.3, -0.25) is 19.2 Å². The number of hydrogen-bond acceptors (Lipinski definition) is 5. The molecule has 0 radical (unpaired) electrons. The van der Waals surface area contributed by atoms with Crippen molar-refractivity contribution in [2.45, 2.75) is 83.8 Å². The lowest BCUT2D eigenvalue weighted by atomic mass is 9.91. The Labute approximate surface area is 204 Å². The van der Waals surface area contributed by atoms with Gasteiger partial charge in [-0.2, -0.15) is 5.10 Å². The summed E-state index contributed by atoms with van der Waals surface area (Å²) in [6.45, 7) is 5.31. The third-order valence-corrected chi connectivity index (χ3v) is 6.97. The fraction of sp³-hybridized carbons (Fsp3) is 0.538. The molecule has 1 aromatic heterocycles. The number of nitrogens with one attached hydrogen (secondary N) is 1. The number of amides is 2. The number of fused-ring (bicyclic) bond motifs is 1. The molecule has 9 heteroatoms. The average Bonchev–Trinajstić information content (AvgIpc) is 3.21. The molecule has 2 aromatic rings. The molecule has 1 N–H and O–H groups in total. The third-order valence-electron chi connectivity index (χ3n) is 6.97. The Morgan fingerprint density at radius 3 is 2.51 bits per heavy atom. The number of rotatable bonds is 5. The van der Waals surface area contributed by atoms with Crippen molar-refractivity contribution in [1.82, 2.24) is 15.1 Å². The van der Waals surface area contributed by atoms with Crippen molar-refractivity contribution < 1.29 is 23.5 Å². The first-order valence-corrected chi connectivity index (χ1v) is 12.4. The summed E-state index contributed by atoms with van der Waals surface area (Å²) < 4.78 is 20.3. The van der Waals surface area contributed by atoms with Gasteiger partial charge in [-0.25, -0.2) is 9.18 Å². The van der Waals surface area contributed by atoms with Gasteiger partial charge in [0.15, 0.2) is 5.69 Å². The lowest BCUT2D eigenvalue weighted by Gasteiger charge is -2.44. The van der Waals surface area contributed by atoms with E-state index >= 15 is 0 Å². The molecular weight excluding hydrogens is 451 g/mol. The second-order valence-corrected chi connectivity index (χ2v) is 9.65. The summed E-state index contributed by atoms with van der Waals surface area (Å²) in [6.07, 6.45) is 7.40. The van der Waals surface area contributed by atoms with E-state index in [1.165, 1.54) is 40.3 Å². The number of carbonyl (C=O) groups excluding carboxylic acids is 3. The normalized spacial score (nSPS) is 21.1. The molecule has 1 saturated carbocycles. The van der Waals surface area contributed by atoms with Gasteiger partial charge in [-0.05, 0) is 57.4 Å². The van der Waals surface area contributed by atoms with Crippen molar-refractivity contribution in [1.29, 1.82) is 0 Å². The van der Waals surface area contributed by atoms with Gasteiger partial charge in [0, 0.05) is 17.8 Å². The van der Waals surface area contributed by atoms with E-state index in [-0.39, 0.29) is 36.5 Å². The maximum absolute atomic E-state index is 13.9. The van der Waals surface area contributed by atoms with Crippen molar-refractivity contribution in [3.63, 3.8) is 0 Å². The van der Waals surface area contributed by atoms with Crippen LogP contribution in [0.1, 0.15) is 85.3 Å². The molecule has 0 saturated heterocycles. The van der Waals surface area contributed by atoms with Crippen LogP contribution in [-0.2, 0) is 16.1 Å². The van der Waals surface area contributed by atoms with E-state index < -0.39 is 23.2 Å². The molecule has 1 aromatic carbocycles. The molecule has 2 amide bonds. The first-order chi connectivity index (χ1) is 16.7. The van der Waals surface area contributed by atoms with Crippen LogP contribution in [0.5, 0.6) is 0 Å². The van der Waals surface area contributed by atoms with Crippen LogP contribution in [0.15, 0.2) is 24.3 Å². The van der Waals surface area contributed by atoms with Crippen LogP contribution in [-0.4, -0.2) is 45.8 Å². The first kappa shape index (κ1) is 24.9. The topological polar surface area (TPSA) is 93.5 Å². The number of aryl methyl sites for hydroxylation is 1. The number of carbonyl (C=O) groups is 3. The number of nitrogens with zero attached hydrogens (tertiary/aromatic N) is 3. The second kappa shape index (κ2) is 10.2. The molecule has 4 rings (SSSR count). The van der Waals surface area contributed by atoms with E-state index in [0.29, 0.717) is 11.3 Å². The minimum Gasteiger partial charge on any atom is -0.461 e. The zero-order chi connectivity index (χ0) is 25.2. The maximum Gasteiger partial charge on any atom is 0.358 e. The number of aromatic nitrogens is 2. The van der Waals surface area contributed by atoms with Crippen molar-refractivity contribution in [2.24, 2.45) is 0 Å². The Kier molecular flexibility index (Phi) is 7.23. The molecule has 1 aliphatic heterocycles. The molecule has 1 fully saturated rings. The SMILES string of the molecule is CCOC(=O)c1cc2n(n1)C[C@](C)(C(=O)NC1CCCCCCC1)N(c1ccc(F)cc1C)C2=O. The molecule has 1 aliphatic carbocycles. The smallest absolute Gasteiger partial charge is 0.358 e. The van der Waals surface area contributed by atoms with Gasteiger partial charge in [0.1, 0.15) is 17.1 Å². The fourth-order valence-electron chi connectivity index (χ4n) is 5.07. The first-order valence-electron chi connectivity index (χ1n) is 12.4. The number of esters is 1. The molecule has 2 heterocycles. The Morgan fingerprint density at radius 1 is 1.17 bits per heavy atom. The largest absolute Gasteiger partial charge is 0.461 e. The maximum atomic E-state index is 13.9. The fourth-order valence-corrected chi connectivity index (χ4v) is 5.07. The summed E-state index contributed by atoms with van der Waals surface area (Å²) in [7, 11) is 0. The number of ether oxygens (including phenoxy) is 1. The predicted molar refractivity (Wildman–Crippen MR) is 129 cm³/mol. The summed E-state index contributed by atoms with van der Waals surface area (Å²) in [5, 5.41) is 7.48. The summed E-state index contributed by atoms with van der Waals surface area (Å²) in [5.41, 5.74) is -0.185. The highest BCUT2D eigenvalue weighted by atomic mass is 19.1. The summed E-state index contributed by atoms with van der Waals surface area (Å²) >= 11 is 0. The van der Waals surface area contributed by atoms with Gasteiger partial charge < -0.3 is 10.1 Å². The Balaban J connectivity index is 1.74. The van der Waals surface area contributed by atoms with E-state index in [4.69, 9.17) is 4.74 Å². The summed E-state index contributed by atoms with van der Waals surface area (Å²) in [4.78, 5) is 41.3. The van der Waals surface area contributed by atoms with Gasteiger partial charge in [0.25, 0.3) is 5.91 Å². The number of halogens is 1. The van der Waals surface area contributed by atoms with Gasteiger partial charge >= 0.3 is 5.97 Å². The van der Waals surface area contributed by atoms with Crippen LogP contribution in [0.3, 0.4) is 0 Å². The van der Waals surface area contributed by atoms with Crippen LogP contribution in [0.2, 0.25) is 0 Å².